The summed E-state index contributed by atoms with van der Waals surface area (Å²) in [5.41, 5.74) is 2.99. The van der Waals surface area contributed by atoms with Gasteiger partial charge in [0.15, 0.2) is 11.0 Å². The van der Waals surface area contributed by atoms with E-state index in [2.05, 4.69) is 63.5 Å². The van der Waals surface area contributed by atoms with Crippen LogP contribution in [0.1, 0.15) is 43.6 Å². The third kappa shape index (κ3) is 6.27. The number of anilines is 1. The zero-order valence-corrected chi connectivity index (χ0v) is 21.6. The number of thioether (sulfide) groups is 1. The van der Waals surface area contributed by atoms with Crippen molar-refractivity contribution in [3.05, 3.63) is 62.8 Å². The van der Waals surface area contributed by atoms with E-state index in [4.69, 9.17) is 16.3 Å². The molecule has 0 radical (unpaired) electrons. The van der Waals surface area contributed by atoms with Crippen LogP contribution in [0, 0.1) is 6.92 Å². The molecular weight excluding hydrogens is 512 g/mol. The highest BCUT2D eigenvalue weighted by atomic mass is 79.9. The Morgan fingerprint density at radius 2 is 2.03 bits per heavy atom. The van der Waals surface area contributed by atoms with E-state index in [1.54, 1.807) is 18.2 Å². The van der Waals surface area contributed by atoms with Gasteiger partial charge < -0.3 is 14.6 Å². The van der Waals surface area contributed by atoms with Crippen molar-refractivity contribution in [1.29, 1.82) is 0 Å². The monoisotopic (exact) mass is 536 g/mol. The highest BCUT2D eigenvalue weighted by molar-refractivity contribution is 9.10. The van der Waals surface area contributed by atoms with Gasteiger partial charge in [0, 0.05) is 16.7 Å². The van der Waals surface area contributed by atoms with Gasteiger partial charge in [-0.05, 0) is 71.1 Å². The second-order valence-corrected chi connectivity index (χ2v) is 9.80. The van der Waals surface area contributed by atoms with Crippen LogP contribution in [0.25, 0.3) is 0 Å². The second kappa shape index (κ2) is 11.2. The molecule has 0 saturated carbocycles. The lowest BCUT2D eigenvalue weighted by Crippen LogP contribution is -2.15. The Labute approximate surface area is 206 Å². The second-order valence-electron chi connectivity index (χ2n) is 7.59. The molecule has 0 atom stereocenters. The van der Waals surface area contributed by atoms with Gasteiger partial charge in [-0.1, -0.05) is 49.3 Å². The number of nitrogens with one attached hydrogen (secondary N) is 1. The fraction of sp³-hybridized carbons (Fsp3) is 0.348. The maximum atomic E-state index is 12.4. The topological polar surface area (TPSA) is 69.0 Å². The summed E-state index contributed by atoms with van der Waals surface area (Å²) in [6.07, 6.45) is 0. The van der Waals surface area contributed by atoms with Crippen LogP contribution in [0.2, 0.25) is 5.02 Å². The zero-order valence-electron chi connectivity index (χ0n) is 18.5. The SMILES string of the molecule is CCn1c(COc2cc(C)ccc2C(C)C)nnc1SCC(=O)Nc1ccc(Cl)c(Br)c1. The normalized spacial score (nSPS) is 11.1. The summed E-state index contributed by atoms with van der Waals surface area (Å²) >= 11 is 10.7. The van der Waals surface area contributed by atoms with Crippen LogP contribution in [0.5, 0.6) is 5.75 Å². The smallest absolute Gasteiger partial charge is 0.234 e. The summed E-state index contributed by atoms with van der Waals surface area (Å²) < 4.78 is 8.82. The Bertz CT molecular complexity index is 1100. The summed E-state index contributed by atoms with van der Waals surface area (Å²) in [5, 5.41) is 12.7. The summed E-state index contributed by atoms with van der Waals surface area (Å²) in [4.78, 5) is 12.4. The number of aryl methyl sites for hydroxylation is 1. The molecule has 0 fully saturated rings. The minimum Gasteiger partial charge on any atom is -0.485 e. The number of halogens is 2. The van der Waals surface area contributed by atoms with E-state index in [0.29, 0.717) is 34.9 Å². The van der Waals surface area contributed by atoms with Gasteiger partial charge >= 0.3 is 0 Å². The fourth-order valence-electron chi connectivity index (χ4n) is 3.14. The van der Waals surface area contributed by atoms with Crippen molar-refractivity contribution >= 4 is 50.9 Å². The lowest BCUT2D eigenvalue weighted by atomic mass is 10.0. The van der Waals surface area contributed by atoms with Crippen LogP contribution in [-0.4, -0.2) is 26.4 Å². The molecule has 1 aromatic heterocycles. The number of benzene rings is 2. The van der Waals surface area contributed by atoms with Crippen molar-refractivity contribution in [3.8, 4) is 5.75 Å². The maximum absolute atomic E-state index is 12.4. The van der Waals surface area contributed by atoms with Gasteiger partial charge in [0.1, 0.15) is 12.4 Å². The summed E-state index contributed by atoms with van der Waals surface area (Å²) in [6, 6.07) is 11.5. The van der Waals surface area contributed by atoms with Crippen LogP contribution in [-0.2, 0) is 17.9 Å². The summed E-state index contributed by atoms with van der Waals surface area (Å²) in [5.74, 6) is 2.05. The number of amides is 1. The van der Waals surface area contributed by atoms with Crippen LogP contribution < -0.4 is 10.1 Å². The standard InChI is InChI=1S/C23H26BrClN4O2S/c1-5-29-21(12-31-20-10-15(4)6-8-17(20)14(2)3)27-28-23(29)32-13-22(30)26-16-7-9-19(25)18(24)11-16/h6-11,14H,5,12-13H2,1-4H3,(H,26,30). The van der Waals surface area contributed by atoms with Gasteiger partial charge in [-0.15, -0.1) is 10.2 Å². The highest BCUT2D eigenvalue weighted by Crippen LogP contribution is 2.29. The predicted octanol–water partition coefficient (Wildman–Crippen LogP) is 6.46. The lowest BCUT2D eigenvalue weighted by Gasteiger charge is -2.15. The van der Waals surface area contributed by atoms with Crippen LogP contribution in [0.3, 0.4) is 0 Å². The Morgan fingerprint density at radius 3 is 2.72 bits per heavy atom. The van der Waals surface area contributed by atoms with Crippen LogP contribution >= 0.6 is 39.3 Å². The molecule has 170 valence electrons. The fourth-order valence-corrected chi connectivity index (χ4v) is 4.45. The first-order chi connectivity index (χ1) is 15.3. The first-order valence-corrected chi connectivity index (χ1v) is 12.5. The van der Waals surface area contributed by atoms with Gasteiger partial charge in [-0.2, -0.15) is 0 Å². The first kappa shape index (κ1) is 24.6. The quantitative estimate of drug-likeness (QED) is 0.317. The number of hydrogen-bond acceptors (Lipinski definition) is 5. The van der Waals surface area contributed by atoms with E-state index >= 15 is 0 Å². The predicted molar refractivity (Wildman–Crippen MR) is 134 cm³/mol. The molecule has 0 bridgehead atoms. The number of rotatable bonds is 9. The Hall–Kier alpha value is -2.03. The molecule has 0 spiro atoms. The minimum absolute atomic E-state index is 0.131. The van der Waals surface area contributed by atoms with E-state index in [0.717, 1.165) is 21.6 Å². The van der Waals surface area contributed by atoms with E-state index in [1.165, 1.54) is 17.3 Å². The third-order valence-electron chi connectivity index (χ3n) is 4.79. The van der Waals surface area contributed by atoms with Gasteiger partial charge in [-0.3, -0.25) is 4.79 Å². The van der Waals surface area contributed by atoms with E-state index in [-0.39, 0.29) is 11.7 Å². The van der Waals surface area contributed by atoms with Crippen molar-refractivity contribution in [2.75, 3.05) is 11.1 Å². The number of carbonyl (C=O) groups is 1. The molecule has 9 heteroatoms. The van der Waals surface area contributed by atoms with Crippen molar-refractivity contribution in [3.63, 3.8) is 0 Å². The first-order valence-electron chi connectivity index (χ1n) is 10.3. The molecule has 0 saturated heterocycles. The number of ether oxygens (including phenoxy) is 1. The molecule has 1 heterocycles. The molecule has 0 unspecified atom stereocenters. The number of hydrogen-bond donors (Lipinski definition) is 1. The van der Waals surface area contributed by atoms with Gasteiger partial charge in [0.05, 0.1) is 10.8 Å². The molecule has 0 aliphatic carbocycles. The Morgan fingerprint density at radius 1 is 1.25 bits per heavy atom. The molecule has 1 amide bonds. The van der Waals surface area contributed by atoms with Crippen molar-refractivity contribution in [2.24, 2.45) is 0 Å². The minimum atomic E-state index is -0.131. The summed E-state index contributed by atoms with van der Waals surface area (Å²) in [6.45, 7) is 9.37. The molecule has 32 heavy (non-hydrogen) atoms. The van der Waals surface area contributed by atoms with Crippen LogP contribution in [0.15, 0.2) is 46.0 Å². The molecule has 0 aliphatic heterocycles. The van der Waals surface area contributed by atoms with Crippen molar-refractivity contribution < 1.29 is 9.53 Å². The van der Waals surface area contributed by atoms with Crippen molar-refractivity contribution in [1.82, 2.24) is 14.8 Å². The Kier molecular flexibility index (Phi) is 8.62. The summed E-state index contributed by atoms with van der Waals surface area (Å²) in [7, 11) is 0. The molecule has 2 aromatic carbocycles. The number of nitrogens with zero attached hydrogens (tertiary/aromatic N) is 3. The average Bonchev–Trinajstić information content (AvgIpc) is 3.15. The van der Waals surface area contributed by atoms with Gasteiger partial charge in [0.2, 0.25) is 5.91 Å². The maximum Gasteiger partial charge on any atom is 0.234 e. The molecule has 3 rings (SSSR count). The van der Waals surface area contributed by atoms with E-state index in [1.807, 2.05) is 18.4 Å². The van der Waals surface area contributed by atoms with Crippen molar-refractivity contribution in [2.45, 2.75) is 51.9 Å². The number of aromatic nitrogens is 3. The van der Waals surface area contributed by atoms with Gasteiger partial charge in [0.25, 0.3) is 0 Å². The van der Waals surface area contributed by atoms with Gasteiger partial charge in [-0.25, -0.2) is 0 Å². The molecule has 6 nitrogen and oxygen atoms in total. The van der Waals surface area contributed by atoms with Crippen LogP contribution in [0.4, 0.5) is 5.69 Å². The zero-order chi connectivity index (χ0) is 23.3. The lowest BCUT2D eigenvalue weighted by molar-refractivity contribution is -0.113. The van der Waals surface area contributed by atoms with E-state index in [9.17, 15) is 4.79 Å². The highest BCUT2D eigenvalue weighted by Gasteiger charge is 2.15. The molecule has 0 aliphatic rings. The average molecular weight is 538 g/mol. The molecule has 1 N–H and O–H groups in total. The third-order valence-corrected chi connectivity index (χ3v) is 6.97. The largest absolute Gasteiger partial charge is 0.485 e. The molecule has 3 aromatic rings. The van der Waals surface area contributed by atoms with E-state index < -0.39 is 0 Å². The Balaban J connectivity index is 1.63. The number of carbonyl (C=O) groups excluding carboxylic acids is 1. The molecular formula is C23H26BrClN4O2S.